The van der Waals surface area contributed by atoms with Crippen molar-refractivity contribution in [3.63, 3.8) is 0 Å². The van der Waals surface area contributed by atoms with E-state index in [1.54, 1.807) is 0 Å². The molecule has 2 atom stereocenters. The van der Waals surface area contributed by atoms with Crippen LogP contribution in [0.1, 0.15) is 34.6 Å². The Hall–Kier alpha value is -2.74. The van der Waals surface area contributed by atoms with E-state index in [2.05, 4.69) is 81.1 Å². The van der Waals surface area contributed by atoms with Gasteiger partial charge < -0.3 is 19.5 Å². The van der Waals surface area contributed by atoms with Crippen molar-refractivity contribution in [2.45, 2.75) is 25.9 Å². The highest BCUT2D eigenvalue weighted by Gasteiger charge is 2.41. The summed E-state index contributed by atoms with van der Waals surface area (Å²) >= 11 is 5.87. The predicted molar refractivity (Wildman–Crippen MR) is 135 cm³/mol. The Labute approximate surface area is 201 Å². The summed E-state index contributed by atoms with van der Waals surface area (Å²) in [6.45, 7) is 9.69. The lowest BCUT2D eigenvalue weighted by Gasteiger charge is -2.32. The highest BCUT2D eigenvalue weighted by atomic mass is 32.1. The van der Waals surface area contributed by atoms with Crippen molar-refractivity contribution < 1.29 is 4.74 Å². The molecule has 1 N–H and O–H groups in total. The molecule has 0 radical (unpaired) electrons. The molecular formula is C26H31N5OS. The molecule has 0 amide bonds. The number of morpholine rings is 1. The number of aryl methyl sites for hydroxylation is 2. The van der Waals surface area contributed by atoms with E-state index < -0.39 is 0 Å². The minimum Gasteiger partial charge on any atom is -0.379 e. The van der Waals surface area contributed by atoms with Crippen LogP contribution in [0.2, 0.25) is 0 Å². The Kier molecular flexibility index (Phi) is 6.44. The van der Waals surface area contributed by atoms with Crippen molar-refractivity contribution in [1.29, 1.82) is 0 Å². The third-order valence-electron chi connectivity index (χ3n) is 6.81. The van der Waals surface area contributed by atoms with Gasteiger partial charge in [-0.1, -0.05) is 12.1 Å². The van der Waals surface area contributed by atoms with Crippen molar-refractivity contribution in [2.24, 2.45) is 0 Å². The predicted octanol–water partition coefficient (Wildman–Crippen LogP) is 3.79. The first-order valence-electron chi connectivity index (χ1n) is 11.6. The SMILES string of the molecule is Cc1ccc(-n2cccc2[C@H]2[C@@H](c3ccccn3)NC(=S)N2CCN2CCOCC2)cc1C. The zero-order chi connectivity index (χ0) is 22.8. The maximum Gasteiger partial charge on any atom is 0.170 e. The number of thiocarbonyl (C=S) groups is 1. The maximum atomic E-state index is 5.87. The van der Waals surface area contributed by atoms with Gasteiger partial charge in [0.25, 0.3) is 0 Å². The van der Waals surface area contributed by atoms with Crippen LogP contribution in [0, 0.1) is 13.8 Å². The van der Waals surface area contributed by atoms with Crippen LogP contribution < -0.4 is 5.32 Å². The van der Waals surface area contributed by atoms with Crippen LogP contribution in [-0.2, 0) is 4.74 Å². The molecule has 5 rings (SSSR count). The molecule has 0 saturated carbocycles. The van der Waals surface area contributed by atoms with Gasteiger partial charge >= 0.3 is 0 Å². The molecule has 0 aliphatic carbocycles. The number of aromatic nitrogens is 2. The molecule has 7 heteroatoms. The summed E-state index contributed by atoms with van der Waals surface area (Å²) in [4.78, 5) is 9.49. The lowest BCUT2D eigenvalue weighted by Crippen LogP contribution is -2.42. The van der Waals surface area contributed by atoms with Gasteiger partial charge in [0.05, 0.1) is 31.0 Å². The molecule has 2 saturated heterocycles. The summed E-state index contributed by atoms with van der Waals surface area (Å²) in [5, 5.41) is 4.37. The third-order valence-corrected chi connectivity index (χ3v) is 7.16. The first-order chi connectivity index (χ1) is 16.1. The Balaban J connectivity index is 1.51. The van der Waals surface area contributed by atoms with Crippen LogP contribution in [-0.4, -0.2) is 63.9 Å². The molecular weight excluding hydrogens is 430 g/mol. The molecule has 6 nitrogen and oxygen atoms in total. The first-order valence-corrected chi connectivity index (χ1v) is 12.1. The van der Waals surface area contributed by atoms with Gasteiger partial charge in [0.2, 0.25) is 0 Å². The molecule has 172 valence electrons. The fraction of sp³-hybridized carbons (Fsp3) is 0.385. The molecule has 1 aromatic carbocycles. The zero-order valence-corrected chi connectivity index (χ0v) is 20.1. The fourth-order valence-electron chi connectivity index (χ4n) is 4.79. The van der Waals surface area contributed by atoms with Gasteiger partial charge in [0, 0.05) is 50.0 Å². The van der Waals surface area contributed by atoms with Gasteiger partial charge in [-0.15, -0.1) is 0 Å². The summed E-state index contributed by atoms with van der Waals surface area (Å²) in [7, 11) is 0. The third kappa shape index (κ3) is 4.53. The zero-order valence-electron chi connectivity index (χ0n) is 19.3. The van der Waals surface area contributed by atoms with Gasteiger partial charge in [-0.3, -0.25) is 9.88 Å². The van der Waals surface area contributed by atoms with E-state index in [0.717, 1.165) is 50.2 Å². The van der Waals surface area contributed by atoms with Crippen molar-refractivity contribution in [2.75, 3.05) is 39.4 Å². The monoisotopic (exact) mass is 461 g/mol. The molecule has 4 heterocycles. The van der Waals surface area contributed by atoms with Crippen molar-refractivity contribution in [3.05, 3.63) is 83.4 Å². The van der Waals surface area contributed by atoms with Crippen LogP contribution in [0.3, 0.4) is 0 Å². The second-order valence-corrected chi connectivity index (χ2v) is 9.23. The van der Waals surface area contributed by atoms with E-state index in [1.165, 1.54) is 22.5 Å². The Morgan fingerprint density at radius 3 is 2.64 bits per heavy atom. The highest BCUT2D eigenvalue weighted by molar-refractivity contribution is 7.80. The summed E-state index contributed by atoms with van der Waals surface area (Å²) < 4.78 is 7.82. The lowest BCUT2D eigenvalue weighted by atomic mass is 10.0. The van der Waals surface area contributed by atoms with Crippen molar-refractivity contribution in [3.8, 4) is 5.69 Å². The molecule has 3 aromatic rings. The number of hydrogen-bond acceptors (Lipinski definition) is 4. The number of rotatable bonds is 6. The number of nitrogens with one attached hydrogen (secondary N) is 1. The molecule has 2 fully saturated rings. The maximum absolute atomic E-state index is 5.87. The minimum atomic E-state index is -0.0106. The van der Waals surface area contributed by atoms with Crippen molar-refractivity contribution in [1.82, 2.24) is 24.7 Å². The van der Waals surface area contributed by atoms with Crippen LogP contribution in [0.15, 0.2) is 60.9 Å². The standard InChI is InChI=1S/C26H31N5OS/c1-19-8-9-21(18-20(19)2)30-11-5-7-23(30)25-24(22-6-3-4-10-27-22)28-26(33)31(25)13-12-29-14-16-32-17-15-29/h3-11,18,24-25H,12-17H2,1-2H3,(H,28,33)/t24-,25+/m1/s1. The van der Waals surface area contributed by atoms with E-state index in [9.17, 15) is 0 Å². The summed E-state index contributed by atoms with van der Waals surface area (Å²) in [5.41, 5.74) is 5.98. The van der Waals surface area contributed by atoms with Crippen LogP contribution in [0.25, 0.3) is 5.69 Å². The molecule has 33 heavy (non-hydrogen) atoms. The van der Waals surface area contributed by atoms with Crippen molar-refractivity contribution >= 4 is 17.3 Å². The van der Waals surface area contributed by atoms with Crippen LogP contribution in [0.5, 0.6) is 0 Å². The smallest absolute Gasteiger partial charge is 0.170 e. The molecule has 2 aliphatic rings. The first kappa shape index (κ1) is 22.1. The fourth-order valence-corrected chi connectivity index (χ4v) is 5.12. The molecule has 0 spiro atoms. The normalized spacial score (nSPS) is 21.4. The van der Waals surface area contributed by atoms with E-state index in [4.69, 9.17) is 17.0 Å². The topological polar surface area (TPSA) is 45.6 Å². The second-order valence-electron chi connectivity index (χ2n) is 8.85. The number of hydrogen-bond donors (Lipinski definition) is 1. The van der Waals surface area contributed by atoms with E-state index in [-0.39, 0.29) is 12.1 Å². The van der Waals surface area contributed by atoms with E-state index >= 15 is 0 Å². The van der Waals surface area contributed by atoms with Gasteiger partial charge in [0.15, 0.2) is 5.11 Å². The quantitative estimate of drug-likeness (QED) is 0.564. The minimum absolute atomic E-state index is 0.0106. The Bertz CT molecular complexity index is 1110. The van der Waals surface area contributed by atoms with E-state index in [1.807, 2.05) is 18.3 Å². The number of benzene rings is 1. The molecule has 0 unspecified atom stereocenters. The second kappa shape index (κ2) is 9.63. The largest absolute Gasteiger partial charge is 0.379 e. The van der Waals surface area contributed by atoms with Gasteiger partial charge in [0.1, 0.15) is 0 Å². The average molecular weight is 462 g/mol. The summed E-state index contributed by atoms with van der Waals surface area (Å²) in [6, 6.07) is 17.1. The number of nitrogens with zero attached hydrogens (tertiary/aromatic N) is 4. The van der Waals surface area contributed by atoms with Gasteiger partial charge in [-0.25, -0.2) is 0 Å². The summed E-state index contributed by atoms with van der Waals surface area (Å²) in [5.74, 6) is 0. The van der Waals surface area contributed by atoms with Crippen LogP contribution >= 0.6 is 12.2 Å². The van der Waals surface area contributed by atoms with Gasteiger partial charge in [-0.2, -0.15) is 0 Å². The lowest BCUT2D eigenvalue weighted by molar-refractivity contribution is 0.0349. The Morgan fingerprint density at radius 2 is 1.88 bits per heavy atom. The summed E-state index contributed by atoms with van der Waals surface area (Å²) in [6.07, 6.45) is 4.01. The van der Waals surface area contributed by atoms with Crippen LogP contribution in [0.4, 0.5) is 0 Å². The molecule has 0 bridgehead atoms. The highest BCUT2D eigenvalue weighted by Crippen LogP contribution is 2.39. The molecule has 2 aromatic heterocycles. The average Bonchev–Trinajstić information content (AvgIpc) is 3.45. The Morgan fingerprint density at radius 1 is 1.03 bits per heavy atom. The molecule has 2 aliphatic heterocycles. The van der Waals surface area contributed by atoms with Gasteiger partial charge in [-0.05, 0) is 73.6 Å². The van der Waals surface area contributed by atoms with E-state index in [0.29, 0.717) is 0 Å². The number of pyridine rings is 1. The number of ether oxygens (including phenoxy) is 1.